The highest BCUT2D eigenvalue weighted by Crippen LogP contribution is 2.69. The molecule has 4 fully saturated rings. The fourth-order valence-corrected chi connectivity index (χ4v) is 15.1. The molecule has 344 valence electrons. The minimum absolute atomic E-state index is 0.0383. The molecule has 0 N–H and O–H groups in total. The van der Waals surface area contributed by atoms with Crippen LogP contribution in [0, 0.1) is 23.7 Å². The predicted molar refractivity (Wildman–Crippen MR) is 300 cm³/mol. The van der Waals surface area contributed by atoms with Gasteiger partial charge >= 0.3 is 0 Å². The van der Waals surface area contributed by atoms with Crippen LogP contribution >= 0.6 is 0 Å². The monoisotopic (exact) mass is 922 g/mol. The molecule has 2 heteroatoms. The van der Waals surface area contributed by atoms with Crippen LogP contribution in [-0.2, 0) is 5.41 Å². The summed E-state index contributed by atoms with van der Waals surface area (Å²) in [5, 5.41) is 2.52. The third-order valence-corrected chi connectivity index (χ3v) is 17.6. The molecule has 1 aromatic heterocycles. The third-order valence-electron chi connectivity index (χ3n) is 17.6. The van der Waals surface area contributed by atoms with Crippen molar-refractivity contribution in [3.05, 3.63) is 254 Å². The van der Waals surface area contributed by atoms with Crippen molar-refractivity contribution in [2.45, 2.75) is 37.5 Å². The smallest absolute Gasteiger partial charge is 0.0619 e. The van der Waals surface area contributed by atoms with Gasteiger partial charge in [-0.15, -0.1) is 0 Å². The Kier molecular flexibility index (Phi) is 9.49. The van der Waals surface area contributed by atoms with Gasteiger partial charge in [0.15, 0.2) is 0 Å². The number of hydrogen-bond donors (Lipinski definition) is 0. The SMILES string of the molecule is c1ccc(-c2ccccc2-c2ccccc2-c2ccccc2N(c2cccc(-c3cccc4c5ccccc5n(-c5ccccc5)c34)c2)c2ccc3c(c2)C2(c4ccccc4-3)C3CC4CC(C3)CC2C4)cc1. The molecule has 11 aromatic rings. The molecular formula is C70H54N2. The van der Waals surface area contributed by atoms with Crippen molar-refractivity contribution in [1.82, 2.24) is 4.57 Å². The zero-order valence-corrected chi connectivity index (χ0v) is 40.3. The van der Waals surface area contributed by atoms with Crippen molar-refractivity contribution in [2.75, 3.05) is 4.90 Å². The number of aromatic nitrogens is 1. The molecule has 0 amide bonds. The summed E-state index contributed by atoms with van der Waals surface area (Å²) < 4.78 is 2.46. The third kappa shape index (κ3) is 6.21. The highest BCUT2D eigenvalue weighted by Gasteiger charge is 2.61. The van der Waals surface area contributed by atoms with Crippen LogP contribution in [0.5, 0.6) is 0 Å². The first-order valence-electron chi connectivity index (χ1n) is 26.3. The van der Waals surface area contributed by atoms with E-state index in [4.69, 9.17) is 0 Å². The number of benzene rings is 10. The molecule has 0 saturated heterocycles. The molecule has 4 bridgehead atoms. The zero-order chi connectivity index (χ0) is 47.3. The van der Waals surface area contributed by atoms with Gasteiger partial charge in [0.25, 0.3) is 0 Å². The van der Waals surface area contributed by atoms with Crippen LogP contribution in [0.15, 0.2) is 243 Å². The number of hydrogen-bond acceptors (Lipinski definition) is 1. The van der Waals surface area contributed by atoms with E-state index < -0.39 is 0 Å². The van der Waals surface area contributed by atoms with Crippen molar-refractivity contribution in [3.63, 3.8) is 0 Å². The van der Waals surface area contributed by atoms with Gasteiger partial charge in [0.1, 0.15) is 0 Å². The fourth-order valence-electron chi connectivity index (χ4n) is 15.1. The van der Waals surface area contributed by atoms with Gasteiger partial charge in [-0.25, -0.2) is 0 Å². The standard InChI is InChI=1S/C70H54N2/c1-3-19-48(20-4-1)55-25-7-8-26-57(55)58-27-9-10-28-59(58)62-30-12-15-35-67(62)71(54-37-38-61-60-29-11-14-34-65(60)70(66(61)45-54)50-40-46-39-47(42-50)43-51(70)41-46)53-24-17-21-49(44-53)56-32-18-33-64-63-31-13-16-36-68(63)72(69(56)64)52-22-5-2-6-23-52/h1-38,44-47,50-51H,39-43H2. The topological polar surface area (TPSA) is 8.17 Å². The second kappa shape index (κ2) is 16.4. The lowest BCUT2D eigenvalue weighted by molar-refractivity contribution is -0.0399. The van der Waals surface area contributed by atoms with Gasteiger partial charge in [-0.3, -0.25) is 0 Å². The molecule has 16 rings (SSSR count). The largest absolute Gasteiger partial charge is 0.310 e. The Hall–Kier alpha value is -8.20. The quantitative estimate of drug-likeness (QED) is 0.147. The van der Waals surface area contributed by atoms with Crippen molar-refractivity contribution < 1.29 is 0 Å². The minimum atomic E-state index is 0.0383. The lowest BCUT2D eigenvalue weighted by atomic mass is 9.43. The number of anilines is 3. The Morgan fingerprint density at radius 3 is 1.64 bits per heavy atom. The maximum atomic E-state index is 2.66. The average Bonchev–Trinajstić information content (AvgIpc) is 3.94. The molecule has 10 aromatic carbocycles. The van der Waals surface area contributed by atoms with Crippen LogP contribution in [-0.4, -0.2) is 4.57 Å². The molecule has 0 aliphatic heterocycles. The van der Waals surface area contributed by atoms with E-state index in [0.717, 1.165) is 28.9 Å². The second-order valence-electron chi connectivity index (χ2n) is 21.2. The van der Waals surface area contributed by atoms with Crippen molar-refractivity contribution >= 4 is 38.9 Å². The average molecular weight is 923 g/mol. The van der Waals surface area contributed by atoms with Gasteiger partial charge in [0.05, 0.1) is 16.7 Å². The lowest BCUT2D eigenvalue weighted by Gasteiger charge is -2.61. The van der Waals surface area contributed by atoms with E-state index in [1.54, 1.807) is 11.1 Å². The van der Waals surface area contributed by atoms with Crippen LogP contribution in [0.1, 0.15) is 43.2 Å². The van der Waals surface area contributed by atoms with Crippen molar-refractivity contribution in [3.8, 4) is 61.3 Å². The molecule has 0 radical (unpaired) electrons. The maximum Gasteiger partial charge on any atom is 0.0619 e. The van der Waals surface area contributed by atoms with Crippen LogP contribution in [0.2, 0.25) is 0 Å². The van der Waals surface area contributed by atoms with Gasteiger partial charge in [0.2, 0.25) is 0 Å². The number of rotatable bonds is 8. The molecule has 4 saturated carbocycles. The molecule has 5 aliphatic carbocycles. The van der Waals surface area contributed by atoms with Crippen LogP contribution < -0.4 is 4.90 Å². The Labute approximate surface area is 422 Å². The van der Waals surface area contributed by atoms with E-state index >= 15 is 0 Å². The molecule has 72 heavy (non-hydrogen) atoms. The second-order valence-corrected chi connectivity index (χ2v) is 21.2. The first-order valence-corrected chi connectivity index (χ1v) is 26.3. The Balaban J connectivity index is 0.967. The van der Waals surface area contributed by atoms with E-state index in [2.05, 4.69) is 252 Å². The summed E-state index contributed by atoms with van der Waals surface area (Å²) in [5.74, 6) is 3.09. The van der Waals surface area contributed by atoms with E-state index in [0.29, 0.717) is 11.8 Å². The summed E-state index contributed by atoms with van der Waals surface area (Å²) in [6, 6.07) is 91.0. The van der Waals surface area contributed by atoms with Gasteiger partial charge in [-0.05, 0) is 160 Å². The Morgan fingerprint density at radius 1 is 0.347 bits per heavy atom. The van der Waals surface area contributed by atoms with Gasteiger partial charge < -0.3 is 9.47 Å². The van der Waals surface area contributed by atoms with Crippen LogP contribution in [0.4, 0.5) is 17.1 Å². The zero-order valence-electron chi connectivity index (χ0n) is 40.3. The predicted octanol–water partition coefficient (Wildman–Crippen LogP) is 18.6. The minimum Gasteiger partial charge on any atom is -0.310 e. The Bertz CT molecular complexity index is 3870. The molecule has 5 aliphatic rings. The first-order chi connectivity index (χ1) is 35.7. The van der Waals surface area contributed by atoms with E-state index in [1.807, 2.05) is 0 Å². The van der Waals surface area contributed by atoms with Crippen LogP contribution in [0.25, 0.3) is 83.1 Å². The number of para-hydroxylation sites is 4. The molecule has 1 heterocycles. The summed E-state index contributed by atoms with van der Waals surface area (Å²) in [7, 11) is 0. The molecule has 0 atom stereocenters. The summed E-state index contributed by atoms with van der Waals surface area (Å²) >= 11 is 0. The van der Waals surface area contributed by atoms with Crippen molar-refractivity contribution in [2.24, 2.45) is 23.7 Å². The number of nitrogens with zero attached hydrogens (tertiary/aromatic N) is 2. The molecular weight excluding hydrogens is 869 g/mol. The lowest BCUT2D eigenvalue weighted by Crippen LogP contribution is -2.55. The summed E-state index contributed by atoms with van der Waals surface area (Å²) in [5.41, 5.74) is 22.9. The van der Waals surface area contributed by atoms with Gasteiger partial charge in [-0.1, -0.05) is 194 Å². The Morgan fingerprint density at radius 2 is 0.875 bits per heavy atom. The number of fused-ring (bicyclic) bond motifs is 6. The molecule has 1 spiro atoms. The summed E-state index contributed by atoms with van der Waals surface area (Å²) in [4.78, 5) is 2.60. The molecule has 2 nitrogen and oxygen atoms in total. The van der Waals surface area contributed by atoms with Crippen LogP contribution in [0.3, 0.4) is 0 Å². The fraction of sp³-hybridized carbons (Fsp3) is 0.143. The first kappa shape index (κ1) is 41.6. The van der Waals surface area contributed by atoms with E-state index in [-0.39, 0.29) is 5.41 Å². The molecule has 0 unspecified atom stereocenters. The summed E-state index contributed by atoms with van der Waals surface area (Å²) in [6.07, 6.45) is 6.85. The summed E-state index contributed by atoms with van der Waals surface area (Å²) in [6.45, 7) is 0. The van der Waals surface area contributed by atoms with Gasteiger partial charge in [-0.2, -0.15) is 0 Å². The maximum absolute atomic E-state index is 2.66. The van der Waals surface area contributed by atoms with E-state index in [9.17, 15) is 0 Å². The van der Waals surface area contributed by atoms with Gasteiger partial charge in [0, 0.05) is 44.4 Å². The van der Waals surface area contributed by atoms with E-state index in [1.165, 1.54) is 115 Å². The highest BCUT2D eigenvalue weighted by molar-refractivity contribution is 6.14. The highest BCUT2D eigenvalue weighted by atomic mass is 15.1. The van der Waals surface area contributed by atoms with Crippen molar-refractivity contribution in [1.29, 1.82) is 0 Å². The normalized spacial score (nSPS) is 20.3.